The van der Waals surface area contributed by atoms with Crippen molar-refractivity contribution in [2.24, 2.45) is 22.7 Å². The van der Waals surface area contributed by atoms with Crippen LogP contribution in [0.1, 0.15) is 45.6 Å². The molecule has 1 aromatic rings. The van der Waals surface area contributed by atoms with Gasteiger partial charge in [0.05, 0.1) is 0 Å². The molecule has 2 aliphatic rings. The van der Waals surface area contributed by atoms with E-state index in [1.807, 2.05) is 0 Å². The normalized spacial score (nSPS) is 38.5. The van der Waals surface area contributed by atoms with Crippen LogP contribution in [-0.4, -0.2) is 0 Å². The maximum Gasteiger partial charge on any atom is -0.0240 e. The fraction of sp³-hybridized carbons (Fsp3) is 0.647. The smallest absolute Gasteiger partial charge is 0.0240 e. The van der Waals surface area contributed by atoms with Crippen LogP contribution in [0.4, 0.5) is 0 Å². The molecule has 0 saturated heterocycles. The first-order chi connectivity index (χ1) is 8.04. The average molecular weight is 228 g/mol. The molecule has 0 aromatic heterocycles. The lowest BCUT2D eigenvalue weighted by molar-refractivity contribution is 0.103. The minimum atomic E-state index is 0.562. The van der Waals surface area contributed by atoms with Gasteiger partial charge in [-0.15, -0.1) is 0 Å². The van der Waals surface area contributed by atoms with Crippen molar-refractivity contribution in [3.63, 3.8) is 0 Å². The molecule has 2 aliphatic carbocycles. The van der Waals surface area contributed by atoms with Crippen molar-refractivity contribution in [3.8, 4) is 0 Å². The van der Waals surface area contributed by atoms with Gasteiger partial charge in [0.1, 0.15) is 0 Å². The summed E-state index contributed by atoms with van der Waals surface area (Å²) in [6.45, 7) is 7.57. The molecule has 92 valence electrons. The van der Waals surface area contributed by atoms with E-state index in [-0.39, 0.29) is 0 Å². The van der Waals surface area contributed by atoms with Crippen molar-refractivity contribution in [2.45, 2.75) is 46.5 Å². The molecule has 2 bridgehead atoms. The van der Waals surface area contributed by atoms with Crippen LogP contribution in [0.15, 0.2) is 30.3 Å². The van der Waals surface area contributed by atoms with Crippen molar-refractivity contribution in [1.29, 1.82) is 0 Å². The van der Waals surface area contributed by atoms with E-state index in [4.69, 9.17) is 0 Å². The highest BCUT2D eigenvalue weighted by molar-refractivity contribution is 5.19. The number of hydrogen-bond acceptors (Lipinski definition) is 0. The Morgan fingerprint density at radius 2 is 1.82 bits per heavy atom. The van der Waals surface area contributed by atoms with E-state index in [2.05, 4.69) is 51.1 Å². The Balaban J connectivity index is 1.83. The minimum Gasteiger partial charge on any atom is -0.0622 e. The SMILES string of the molecule is CC1(C)C2CCC1(C)C(Cc1ccccc1)C2. The Hall–Kier alpha value is -0.780. The summed E-state index contributed by atoms with van der Waals surface area (Å²) >= 11 is 0. The second-order valence-electron chi connectivity index (χ2n) is 7.00. The summed E-state index contributed by atoms with van der Waals surface area (Å²) in [6, 6.07) is 11.1. The summed E-state index contributed by atoms with van der Waals surface area (Å²) < 4.78 is 0. The quantitative estimate of drug-likeness (QED) is 0.688. The average Bonchev–Trinajstić information content (AvgIpc) is 2.63. The third-order valence-electron chi connectivity index (χ3n) is 6.30. The summed E-state index contributed by atoms with van der Waals surface area (Å²) in [5, 5.41) is 0. The number of rotatable bonds is 2. The number of benzene rings is 1. The summed E-state index contributed by atoms with van der Waals surface area (Å²) in [5.41, 5.74) is 2.67. The van der Waals surface area contributed by atoms with E-state index in [1.165, 1.54) is 31.2 Å². The van der Waals surface area contributed by atoms with Crippen LogP contribution in [0.3, 0.4) is 0 Å². The fourth-order valence-corrected chi connectivity index (χ4v) is 4.58. The molecule has 3 atom stereocenters. The molecule has 0 aliphatic heterocycles. The Morgan fingerprint density at radius 3 is 2.35 bits per heavy atom. The molecule has 3 rings (SSSR count). The first-order valence-electron chi connectivity index (χ1n) is 7.08. The molecular weight excluding hydrogens is 204 g/mol. The monoisotopic (exact) mass is 228 g/mol. The first kappa shape index (κ1) is 11.3. The second-order valence-corrected chi connectivity index (χ2v) is 7.00. The topological polar surface area (TPSA) is 0 Å². The molecule has 0 heterocycles. The third-order valence-corrected chi connectivity index (χ3v) is 6.30. The van der Waals surface area contributed by atoms with Gasteiger partial charge in [0.15, 0.2) is 0 Å². The number of hydrogen-bond donors (Lipinski definition) is 0. The van der Waals surface area contributed by atoms with Gasteiger partial charge in [0.2, 0.25) is 0 Å². The van der Waals surface area contributed by atoms with E-state index in [0.29, 0.717) is 10.8 Å². The molecule has 0 nitrogen and oxygen atoms in total. The van der Waals surface area contributed by atoms with Gasteiger partial charge >= 0.3 is 0 Å². The Bertz CT molecular complexity index is 403. The zero-order valence-corrected chi connectivity index (χ0v) is 11.4. The highest BCUT2D eigenvalue weighted by Crippen LogP contribution is 2.68. The summed E-state index contributed by atoms with van der Waals surface area (Å²) in [5.74, 6) is 1.87. The van der Waals surface area contributed by atoms with Crippen molar-refractivity contribution in [3.05, 3.63) is 35.9 Å². The molecule has 0 amide bonds. The molecule has 0 radical (unpaired) electrons. The van der Waals surface area contributed by atoms with Crippen LogP contribution in [-0.2, 0) is 6.42 Å². The lowest BCUT2D eigenvalue weighted by Crippen LogP contribution is -2.33. The van der Waals surface area contributed by atoms with Gasteiger partial charge in [-0.2, -0.15) is 0 Å². The molecule has 3 unspecified atom stereocenters. The highest BCUT2D eigenvalue weighted by atomic mass is 14.6. The van der Waals surface area contributed by atoms with Crippen LogP contribution < -0.4 is 0 Å². The van der Waals surface area contributed by atoms with Gasteiger partial charge < -0.3 is 0 Å². The molecule has 2 fully saturated rings. The van der Waals surface area contributed by atoms with E-state index in [0.717, 1.165) is 11.8 Å². The number of fused-ring (bicyclic) bond motifs is 2. The van der Waals surface area contributed by atoms with Gasteiger partial charge in [0, 0.05) is 0 Å². The van der Waals surface area contributed by atoms with Crippen LogP contribution >= 0.6 is 0 Å². The Kier molecular flexibility index (Phi) is 2.40. The van der Waals surface area contributed by atoms with E-state index < -0.39 is 0 Å². The van der Waals surface area contributed by atoms with Crippen LogP contribution in [0.5, 0.6) is 0 Å². The lowest BCUT2D eigenvalue weighted by atomic mass is 9.65. The Labute approximate surface area is 105 Å². The molecule has 17 heavy (non-hydrogen) atoms. The molecule has 1 aromatic carbocycles. The molecule has 2 saturated carbocycles. The van der Waals surface area contributed by atoms with Gasteiger partial charge in [-0.05, 0) is 53.9 Å². The van der Waals surface area contributed by atoms with E-state index in [9.17, 15) is 0 Å². The fourth-order valence-electron chi connectivity index (χ4n) is 4.58. The van der Waals surface area contributed by atoms with E-state index in [1.54, 1.807) is 0 Å². The maximum absolute atomic E-state index is 2.55. The second kappa shape index (κ2) is 3.60. The molecule has 0 N–H and O–H groups in total. The maximum atomic E-state index is 2.55. The highest BCUT2D eigenvalue weighted by Gasteiger charge is 2.60. The largest absolute Gasteiger partial charge is 0.0622 e. The summed E-state index contributed by atoms with van der Waals surface area (Å²) in [6.07, 6.45) is 5.66. The van der Waals surface area contributed by atoms with Crippen molar-refractivity contribution >= 4 is 0 Å². The summed E-state index contributed by atoms with van der Waals surface area (Å²) in [7, 11) is 0. The molecule has 0 heteroatoms. The Morgan fingerprint density at radius 1 is 1.12 bits per heavy atom. The van der Waals surface area contributed by atoms with Gasteiger partial charge in [-0.1, -0.05) is 51.1 Å². The standard InChI is InChI=1S/C17H24/c1-16(2)14-9-10-17(16,3)15(12-14)11-13-7-5-4-6-8-13/h4-8,14-15H,9-12H2,1-3H3. The predicted octanol–water partition coefficient (Wildman–Crippen LogP) is 4.69. The van der Waals surface area contributed by atoms with Crippen molar-refractivity contribution in [2.75, 3.05) is 0 Å². The van der Waals surface area contributed by atoms with Crippen molar-refractivity contribution in [1.82, 2.24) is 0 Å². The lowest BCUT2D eigenvalue weighted by Gasteiger charge is -2.39. The van der Waals surface area contributed by atoms with Crippen molar-refractivity contribution < 1.29 is 0 Å². The van der Waals surface area contributed by atoms with Crippen LogP contribution in [0.2, 0.25) is 0 Å². The van der Waals surface area contributed by atoms with Crippen LogP contribution in [0.25, 0.3) is 0 Å². The van der Waals surface area contributed by atoms with Gasteiger partial charge in [0.25, 0.3) is 0 Å². The zero-order chi connectivity index (χ0) is 12.1. The predicted molar refractivity (Wildman–Crippen MR) is 72.9 cm³/mol. The van der Waals surface area contributed by atoms with Crippen LogP contribution in [0, 0.1) is 22.7 Å². The summed E-state index contributed by atoms with van der Waals surface area (Å²) in [4.78, 5) is 0. The van der Waals surface area contributed by atoms with Gasteiger partial charge in [-0.25, -0.2) is 0 Å². The molecular formula is C17H24. The molecule has 0 spiro atoms. The zero-order valence-electron chi connectivity index (χ0n) is 11.4. The van der Waals surface area contributed by atoms with E-state index >= 15 is 0 Å². The third kappa shape index (κ3) is 1.49. The minimum absolute atomic E-state index is 0.562. The van der Waals surface area contributed by atoms with Gasteiger partial charge in [-0.3, -0.25) is 0 Å². The first-order valence-corrected chi connectivity index (χ1v) is 7.08.